The molecule has 0 radical (unpaired) electrons. The molecule has 0 aliphatic carbocycles. The minimum Gasteiger partial charge on any atom is -0.482 e. The Balaban J connectivity index is 1.54. The molecular weight excluding hydrogens is 343 g/mol. The maximum atomic E-state index is 12.1. The summed E-state index contributed by atoms with van der Waals surface area (Å²) in [6.45, 7) is 0.942. The highest BCUT2D eigenvalue weighted by atomic mass is 19.4. The van der Waals surface area contributed by atoms with Gasteiger partial charge < -0.3 is 18.8 Å². The summed E-state index contributed by atoms with van der Waals surface area (Å²) in [6.07, 6.45) is 1.26. The third-order valence-electron chi connectivity index (χ3n) is 3.17. The first-order chi connectivity index (χ1) is 11.9. The van der Waals surface area contributed by atoms with Crippen molar-refractivity contribution in [1.82, 2.24) is 14.9 Å². The zero-order chi connectivity index (χ0) is 17.9. The van der Waals surface area contributed by atoms with Crippen molar-refractivity contribution >= 4 is 5.91 Å². The van der Waals surface area contributed by atoms with Crippen molar-refractivity contribution in [3.8, 4) is 11.6 Å². The van der Waals surface area contributed by atoms with Crippen molar-refractivity contribution in [3.63, 3.8) is 0 Å². The van der Waals surface area contributed by atoms with E-state index in [1.165, 1.54) is 12.3 Å². The summed E-state index contributed by atoms with van der Waals surface area (Å²) in [6, 6.07) is 2.28. The van der Waals surface area contributed by atoms with Gasteiger partial charge in [-0.1, -0.05) is 12.2 Å². The van der Waals surface area contributed by atoms with Crippen LogP contribution in [-0.2, 0) is 6.61 Å². The van der Waals surface area contributed by atoms with Gasteiger partial charge in [0.1, 0.15) is 12.0 Å². The van der Waals surface area contributed by atoms with Gasteiger partial charge in [-0.15, -0.1) is 13.2 Å². The number of alkyl halides is 3. The van der Waals surface area contributed by atoms with Gasteiger partial charge in [-0.3, -0.25) is 4.79 Å². The lowest BCUT2D eigenvalue weighted by atomic mass is 10.4. The molecule has 0 saturated carbocycles. The molecule has 0 bridgehead atoms. The number of ether oxygens (including phenoxy) is 2. The lowest BCUT2D eigenvalue weighted by molar-refractivity contribution is -0.276. The van der Waals surface area contributed by atoms with Gasteiger partial charge in [-0.05, 0) is 6.07 Å². The highest BCUT2D eigenvalue weighted by Gasteiger charge is 2.31. The molecular formula is C15H12F3N3O4. The van der Waals surface area contributed by atoms with Crippen LogP contribution in [0.2, 0.25) is 0 Å². The number of carbonyl (C=O) groups excluding carboxylic acids is 1. The predicted octanol–water partition coefficient (Wildman–Crippen LogP) is 2.56. The van der Waals surface area contributed by atoms with Gasteiger partial charge in [0, 0.05) is 19.2 Å². The SMILES string of the molecule is O=C(c1coc(COc2ccc(OC(F)(F)F)nc2)n1)N1CC=CC1. The smallest absolute Gasteiger partial charge is 0.482 e. The standard InChI is InChI=1S/C15H12F3N3O4/c16-15(17,18)25-12-4-3-10(7-19-12)23-9-13-20-11(8-24-13)14(22)21-5-1-2-6-21/h1-4,7-8H,5-6,9H2. The van der Waals surface area contributed by atoms with E-state index >= 15 is 0 Å². The van der Waals surface area contributed by atoms with Gasteiger partial charge >= 0.3 is 6.36 Å². The monoisotopic (exact) mass is 355 g/mol. The molecule has 0 fully saturated rings. The minimum absolute atomic E-state index is 0.104. The van der Waals surface area contributed by atoms with Crippen molar-refractivity contribution in [3.05, 3.63) is 48.3 Å². The summed E-state index contributed by atoms with van der Waals surface area (Å²) in [4.78, 5) is 21.2. The van der Waals surface area contributed by atoms with E-state index in [1.807, 2.05) is 12.2 Å². The molecule has 0 atom stereocenters. The second-order valence-electron chi connectivity index (χ2n) is 4.98. The first-order valence-corrected chi connectivity index (χ1v) is 7.14. The second-order valence-corrected chi connectivity index (χ2v) is 4.98. The Kier molecular flexibility index (Phi) is 4.59. The summed E-state index contributed by atoms with van der Waals surface area (Å²) in [5.74, 6) is -0.492. The van der Waals surface area contributed by atoms with Crippen molar-refractivity contribution in [2.75, 3.05) is 13.1 Å². The Morgan fingerprint density at radius 3 is 2.68 bits per heavy atom. The van der Waals surface area contributed by atoms with Gasteiger partial charge in [0.05, 0.1) is 6.20 Å². The molecule has 2 aromatic rings. The van der Waals surface area contributed by atoms with E-state index in [0.717, 1.165) is 12.3 Å². The third-order valence-corrected chi connectivity index (χ3v) is 3.17. The molecule has 10 heteroatoms. The van der Waals surface area contributed by atoms with Crippen LogP contribution in [0, 0.1) is 0 Å². The zero-order valence-electron chi connectivity index (χ0n) is 12.7. The first kappa shape index (κ1) is 16.8. The maximum absolute atomic E-state index is 12.1. The van der Waals surface area contributed by atoms with Crippen LogP contribution >= 0.6 is 0 Å². The van der Waals surface area contributed by atoms with Crippen LogP contribution in [0.25, 0.3) is 0 Å². The van der Waals surface area contributed by atoms with Crippen LogP contribution in [-0.4, -0.2) is 40.2 Å². The lowest BCUT2D eigenvalue weighted by Crippen LogP contribution is -2.28. The largest absolute Gasteiger partial charge is 0.574 e. The fraction of sp³-hybridized carbons (Fsp3) is 0.267. The fourth-order valence-electron chi connectivity index (χ4n) is 2.06. The zero-order valence-corrected chi connectivity index (χ0v) is 12.7. The van der Waals surface area contributed by atoms with Crippen LogP contribution in [0.3, 0.4) is 0 Å². The third kappa shape index (κ3) is 4.49. The van der Waals surface area contributed by atoms with E-state index in [-0.39, 0.29) is 29.8 Å². The number of pyridine rings is 1. The van der Waals surface area contributed by atoms with Gasteiger partial charge in [0.15, 0.2) is 12.3 Å². The number of halogens is 3. The summed E-state index contributed by atoms with van der Waals surface area (Å²) in [5.41, 5.74) is 0.161. The average molecular weight is 355 g/mol. The first-order valence-electron chi connectivity index (χ1n) is 7.14. The number of amides is 1. The molecule has 0 spiro atoms. The molecule has 3 heterocycles. The fourth-order valence-corrected chi connectivity index (χ4v) is 2.06. The number of aromatic nitrogens is 2. The van der Waals surface area contributed by atoms with Crippen molar-refractivity contribution < 1.29 is 31.9 Å². The molecule has 0 N–H and O–H groups in total. The van der Waals surface area contributed by atoms with E-state index in [4.69, 9.17) is 9.15 Å². The maximum Gasteiger partial charge on any atom is 0.574 e. The van der Waals surface area contributed by atoms with E-state index in [1.54, 1.807) is 4.90 Å². The number of hydrogen-bond acceptors (Lipinski definition) is 6. The molecule has 0 saturated heterocycles. The van der Waals surface area contributed by atoms with Crippen LogP contribution in [0.1, 0.15) is 16.4 Å². The normalized spacial score (nSPS) is 14.0. The second kappa shape index (κ2) is 6.83. The van der Waals surface area contributed by atoms with Crippen molar-refractivity contribution in [1.29, 1.82) is 0 Å². The molecule has 1 aliphatic heterocycles. The summed E-state index contributed by atoms with van der Waals surface area (Å²) in [7, 11) is 0. The van der Waals surface area contributed by atoms with E-state index in [9.17, 15) is 18.0 Å². The summed E-state index contributed by atoms with van der Waals surface area (Å²) >= 11 is 0. The number of rotatable bonds is 5. The molecule has 1 aliphatic rings. The molecule has 0 aromatic carbocycles. The minimum atomic E-state index is -4.80. The van der Waals surface area contributed by atoms with E-state index < -0.39 is 12.2 Å². The number of oxazole rings is 1. The number of nitrogens with zero attached hydrogens (tertiary/aromatic N) is 3. The van der Waals surface area contributed by atoms with E-state index in [2.05, 4.69) is 14.7 Å². The quantitative estimate of drug-likeness (QED) is 0.767. The van der Waals surface area contributed by atoms with Crippen LogP contribution < -0.4 is 9.47 Å². The molecule has 1 amide bonds. The highest BCUT2D eigenvalue weighted by Crippen LogP contribution is 2.22. The molecule has 7 nitrogen and oxygen atoms in total. The Labute approximate surface area is 139 Å². The van der Waals surface area contributed by atoms with Crippen LogP contribution in [0.4, 0.5) is 13.2 Å². The molecule has 2 aromatic heterocycles. The van der Waals surface area contributed by atoms with Gasteiger partial charge in [0.25, 0.3) is 5.91 Å². The van der Waals surface area contributed by atoms with Crippen LogP contribution in [0.15, 0.2) is 41.2 Å². The summed E-state index contributed by atoms with van der Waals surface area (Å²) < 4.78 is 50.2. The lowest BCUT2D eigenvalue weighted by Gasteiger charge is -2.12. The van der Waals surface area contributed by atoms with Crippen LogP contribution in [0.5, 0.6) is 11.6 Å². The Bertz CT molecular complexity index is 763. The molecule has 25 heavy (non-hydrogen) atoms. The average Bonchev–Trinajstić information content (AvgIpc) is 3.24. The summed E-state index contributed by atoms with van der Waals surface area (Å²) in [5, 5.41) is 0. The van der Waals surface area contributed by atoms with Gasteiger partial charge in [0.2, 0.25) is 11.8 Å². The molecule has 3 rings (SSSR count). The highest BCUT2D eigenvalue weighted by molar-refractivity contribution is 5.92. The van der Waals surface area contributed by atoms with E-state index in [0.29, 0.717) is 13.1 Å². The van der Waals surface area contributed by atoms with Crippen molar-refractivity contribution in [2.45, 2.75) is 13.0 Å². The van der Waals surface area contributed by atoms with Crippen molar-refractivity contribution in [2.24, 2.45) is 0 Å². The Morgan fingerprint density at radius 2 is 2.04 bits per heavy atom. The molecule has 0 unspecified atom stereocenters. The van der Waals surface area contributed by atoms with Gasteiger partial charge in [-0.2, -0.15) is 0 Å². The topological polar surface area (TPSA) is 77.7 Å². The predicted molar refractivity (Wildman–Crippen MR) is 76.8 cm³/mol. The Morgan fingerprint density at radius 1 is 1.28 bits per heavy atom. The van der Waals surface area contributed by atoms with Gasteiger partial charge in [-0.25, -0.2) is 9.97 Å². The number of hydrogen-bond donors (Lipinski definition) is 0. The number of carbonyl (C=O) groups is 1. The molecule has 132 valence electrons. The Hall–Kier alpha value is -3.04.